The smallest absolute Gasteiger partial charge is 0.262 e. The number of imidazole rings is 1. The highest BCUT2D eigenvalue weighted by molar-refractivity contribution is 8.13. The topological polar surface area (TPSA) is 82.5 Å². The molecule has 1 aliphatic rings. The Bertz CT molecular complexity index is 1180. The van der Waals surface area contributed by atoms with E-state index in [1.54, 1.807) is 13.2 Å². The molecule has 0 saturated heterocycles. The van der Waals surface area contributed by atoms with Crippen LogP contribution in [0, 0.1) is 16.7 Å². The summed E-state index contributed by atoms with van der Waals surface area (Å²) >= 11 is 2.93. The van der Waals surface area contributed by atoms with Gasteiger partial charge in [0, 0.05) is 36.1 Å². The normalized spacial score (nSPS) is 16.0. The number of rotatable bonds is 10. The van der Waals surface area contributed by atoms with Gasteiger partial charge in [0.05, 0.1) is 22.4 Å². The molecule has 1 aromatic heterocycles. The van der Waals surface area contributed by atoms with Gasteiger partial charge in [0.15, 0.2) is 0 Å². The van der Waals surface area contributed by atoms with Gasteiger partial charge in [0.1, 0.15) is 10.9 Å². The third kappa shape index (κ3) is 8.11. The average Bonchev–Trinajstić information content (AvgIpc) is 3.54. The molecule has 0 bridgehead atoms. The first kappa shape index (κ1) is 29.8. The van der Waals surface area contributed by atoms with Crippen molar-refractivity contribution in [2.24, 2.45) is 27.5 Å². The van der Waals surface area contributed by atoms with Crippen LogP contribution in [0.15, 0.2) is 39.9 Å². The average molecular weight is 545 g/mol. The van der Waals surface area contributed by atoms with Crippen LogP contribution in [0.3, 0.4) is 0 Å². The number of hydrogen-bond acceptors (Lipinski definition) is 6. The first-order valence-electron chi connectivity index (χ1n) is 13.0. The van der Waals surface area contributed by atoms with E-state index in [0.717, 1.165) is 35.1 Å². The summed E-state index contributed by atoms with van der Waals surface area (Å²) in [5, 5.41) is 0.599. The molecule has 3 rings (SSSR count). The molecule has 37 heavy (non-hydrogen) atoms. The van der Waals surface area contributed by atoms with Gasteiger partial charge in [-0.25, -0.2) is 9.98 Å². The molecule has 1 heterocycles. The van der Waals surface area contributed by atoms with E-state index < -0.39 is 4.75 Å². The van der Waals surface area contributed by atoms with Crippen molar-refractivity contribution in [1.29, 1.82) is 0 Å². The van der Waals surface area contributed by atoms with Gasteiger partial charge < -0.3 is 15.0 Å². The van der Waals surface area contributed by atoms with Crippen molar-refractivity contribution < 1.29 is 9.53 Å². The number of thioether (sulfide) groups is 2. The molecule has 0 radical (unpaired) electrons. The van der Waals surface area contributed by atoms with Crippen LogP contribution < -0.4 is 5.73 Å². The maximum Gasteiger partial charge on any atom is 0.262 e. The van der Waals surface area contributed by atoms with E-state index in [2.05, 4.69) is 48.5 Å². The first-order chi connectivity index (χ1) is 17.1. The minimum Gasteiger partial charge on any atom is -0.401 e. The Kier molecular flexibility index (Phi) is 9.29. The van der Waals surface area contributed by atoms with Gasteiger partial charge in [0.25, 0.3) is 5.91 Å². The van der Waals surface area contributed by atoms with Crippen molar-refractivity contribution in [3.8, 4) is 0 Å². The van der Waals surface area contributed by atoms with E-state index in [9.17, 15) is 4.79 Å². The highest BCUT2D eigenvalue weighted by atomic mass is 32.2. The third-order valence-electron chi connectivity index (χ3n) is 6.50. The number of ether oxygens (including phenoxy) is 1. The van der Waals surface area contributed by atoms with Gasteiger partial charge in [-0.1, -0.05) is 34.6 Å². The lowest BCUT2D eigenvalue weighted by atomic mass is 9.90. The molecule has 0 spiro atoms. The van der Waals surface area contributed by atoms with Gasteiger partial charge in [-0.15, -0.1) is 23.5 Å². The van der Waals surface area contributed by atoms with Gasteiger partial charge in [-0.2, -0.15) is 0 Å². The Hall–Kier alpha value is -1.77. The number of methoxy groups -OCH3 is 1. The molecule has 8 heteroatoms. The fourth-order valence-corrected chi connectivity index (χ4v) is 5.52. The Morgan fingerprint density at radius 2 is 1.89 bits per heavy atom. The van der Waals surface area contributed by atoms with Crippen LogP contribution in [0.25, 0.3) is 11.0 Å². The zero-order valence-electron chi connectivity index (χ0n) is 24.0. The number of aromatic nitrogens is 2. The molecule has 0 aliphatic heterocycles. The molecule has 1 aliphatic carbocycles. The maximum absolute atomic E-state index is 13.3. The number of carbonyl (C=O) groups is 1. The van der Waals surface area contributed by atoms with Crippen molar-refractivity contribution in [2.75, 3.05) is 20.0 Å². The van der Waals surface area contributed by atoms with Gasteiger partial charge >= 0.3 is 0 Å². The number of benzene rings is 1. The monoisotopic (exact) mass is 544 g/mol. The Balaban J connectivity index is 1.84. The molecule has 2 N–H and O–H groups in total. The first-order valence-corrected chi connectivity index (χ1v) is 15.0. The number of hydrogen-bond donors (Lipinski definition) is 1. The van der Waals surface area contributed by atoms with Crippen molar-refractivity contribution in [3.63, 3.8) is 0 Å². The third-order valence-corrected chi connectivity index (χ3v) is 8.30. The molecule has 1 saturated carbocycles. The maximum atomic E-state index is 13.3. The highest BCUT2D eigenvalue weighted by Gasteiger charge is 2.31. The Morgan fingerprint density at radius 3 is 2.46 bits per heavy atom. The Labute approximate surface area is 231 Å². The number of amides is 1. The SMILES string of the molecule is COCC(C)(C)C(N)=CC(=NC(=O)C(C)(C)Sc1ccc2c(c1)nc(CC(C)(C)C)n2CC1CC1)SC. The zero-order valence-corrected chi connectivity index (χ0v) is 25.6. The molecule has 2 aromatic rings. The van der Waals surface area contributed by atoms with E-state index in [4.69, 9.17) is 15.5 Å². The molecule has 204 valence electrons. The summed E-state index contributed by atoms with van der Waals surface area (Å²) in [4.78, 5) is 23.8. The van der Waals surface area contributed by atoms with Gasteiger partial charge in [-0.05, 0) is 68.6 Å². The van der Waals surface area contributed by atoms with Crippen molar-refractivity contribution in [3.05, 3.63) is 35.8 Å². The minimum atomic E-state index is -0.746. The largest absolute Gasteiger partial charge is 0.401 e. The van der Waals surface area contributed by atoms with Crippen LogP contribution >= 0.6 is 23.5 Å². The summed E-state index contributed by atoms with van der Waals surface area (Å²) in [5.41, 5.74) is 8.96. The number of nitrogens with zero attached hydrogens (tertiary/aromatic N) is 3. The summed E-state index contributed by atoms with van der Waals surface area (Å²) in [6.45, 7) is 16.2. The van der Waals surface area contributed by atoms with Crippen LogP contribution in [0.4, 0.5) is 0 Å². The van der Waals surface area contributed by atoms with E-state index >= 15 is 0 Å². The predicted octanol–water partition coefficient (Wildman–Crippen LogP) is 6.71. The second-order valence-corrected chi connectivity index (χ2v) is 15.0. The summed E-state index contributed by atoms with van der Waals surface area (Å²) < 4.78 is 6.96. The molecule has 1 aromatic carbocycles. The quantitative estimate of drug-likeness (QED) is 0.203. The van der Waals surface area contributed by atoms with Crippen LogP contribution in [0.2, 0.25) is 0 Å². The van der Waals surface area contributed by atoms with Gasteiger partial charge in [-0.3, -0.25) is 4.79 Å². The van der Waals surface area contributed by atoms with Crippen LogP contribution in [0.5, 0.6) is 0 Å². The predicted molar refractivity (Wildman–Crippen MR) is 159 cm³/mol. The summed E-state index contributed by atoms with van der Waals surface area (Å²) in [6, 6.07) is 6.39. The van der Waals surface area contributed by atoms with Gasteiger partial charge in [0.2, 0.25) is 0 Å². The molecular formula is C29H44N4O2S2. The molecular weight excluding hydrogens is 500 g/mol. The fourth-order valence-electron chi connectivity index (χ4n) is 4.08. The Morgan fingerprint density at radius 1 is 1.22 bits per heavy atom. The lowest BCUT2D eigenvalue weighted by molar-refractivity contribution is -0.119. The summed E-state index contributed by atoms with van der Waals surface area (Å²) in [5.74, 6) is 1.73. The van der Waals surface area contributed by atoms with Crippen LogP contribution in [0.1, 0.15) is 67.1 Å². The molecule has 1 amide bonds. The van der Waals surface area contributed by atoms with Crippen molar-refractivity contribution in [2.45, 2.75) is 83.9 Å². The lowest BCUT2D eigenvalue weighted by Crippen LogP contribution is -2.28. The molecule has 0 atom stereocenters. The molecule has 1 fully saturated rings. The fraction of sp³-hybridized carbons (Fsp3) is 0.621. The lowest BCUT2D eigenvalue weighted by Gasteiger charge is -2.24. The molecule has 0 unspecified atom stereocenters. The van der Waals surface area contributed by atoms with E-state index in [-0.39, 0.29) is 16.7 Å². The summed E-state index contributed by atoms with van der Waals surface area (Å²) in [6.07, 6.45) is 7.24. The standard InChI is InChI=1S/C29H44N4O2S2/c1-27(2,3)16-24-31-21-14-20(12-13-22(21)33(24)17-19-10-11-19)37-29(6,7)26(34)32-25(36-9)15-23(30)28(4,5)18-35-8/h12-15,19H,10-11,16-18,30H2,1-9H3. The minimum absolute atomic E-state index is 0.165. The van der Waals surface area contributed by atoms with E-state index in [1.807, 2.05) is 34.0 Å². The highest BCUT2D eigenvalue weighted by Crippen LogP contribution is 2.37. The number of fused-ring (bicyclic) bond motifs is 1. The van der Waals surface area contributed by atoms with Crippen LogP contribution in [-0.2, 0) is 22.5 Å². The molecule has 6 nitrogen and oxygen atoms in total. The summed E-state index contributed by atoms with van der Waals surface area (Å²) in [7, 11) is 1.65. The number of nitrogens with two attached hydrogens (primary N) is 1. The second-order valence-electron chi connectivity index (χ2n) is 12.5. The zero-order chi connectivity index (χ0) is 27.6. The van der Waals surface area contributed by atoms with Crippen molar-refractivity contribution >= 4 is 45.5 Å². The number of carbonyl (C=O) groups excluding carboxylic acids is 1. The van der Waals surface area contributed by atoms with Crippen LogP contribution in [-0.4, -0.2) is 45.2 Å². The van der Waals surface area contributed by atoms with E-state index in [1.165, 1.54) is 41.9 Å². The second kappa shape index (κ2) is 11.5. The van der Waals surface area contributed by atoms with Crippen molar-refractivity contribution in [1.82, 2.24) is 9.55 Å². The van der Waals surface area contributed by atoms with E-state index in [0.29, 0.717) is 17.3 Å². The number of aliphatic imine (C=N–C) groups is 1.